The van der Waals surface area contributed by atoms with Crippen molar-refractivity contribution in [3.63, 3.8) is 0 Å². The molecule has 1 saturated carbocycles. The zero-order chi connectivity index (χ0) is 17.6. The maximum Gasteiger partial charge on any atom is 0.191 e. The lowest BCUT2D eigenvalue weighted by molar-refractivity contribution is 0.296. The molecule has 1 heterocycles. The fourth-order valence-corrected chi connectivity index (χ4v) is 3.20. The Morgan fingerprint density at radius 2 is 2.08 bits per heavy atom. The topological polar surface area (TPSA) is 58.5 Å². The molecule has 25 heavy (non-hydrogen) atoms. The minimum Gasteiger partial charge on any atom is -0.493 e. The van der Waals surface area contributed by atoms with Crippen LogP contribution in [0.4, 0.5) is 0 Å². The Balaban J connectivity index is 1.55. The minimum absolute atomic E-state index is 0.677. The highest BCUT2D eigenvalue weighted by atomic mass is 32.1. The van der Waals surface area contributed by atoms with Crippen molar-refractivity contribution in [3.05, 3.63) is 45.4 Å². The summed E-state index contributed by atoms with van der Waals surface area (Å²) in [6.07, 6.45) is 4.49. The summed E-state index contributed by atoms with van der Waals surface area (Å²) >= 11 is 1.70. The van der Waals surface area contributed by atoms with Crippen molar-refractivity contribution in [3.8, 4) is 5.75 Å². The van der Waals surface area contributed by atoms with Crippen molar-refractivity contribution in [1.82, 2.24) is 15.6 Å². The van der Waals surface area contributed by atoms with Crippen molar-refractivity contribution in [2.75, 3.05) is 13.7 Å². The number of hydrogen-bond donors (Lipinski definition) is 2. The number of aryl methyl sites for hydroxylation is 2. The monoisotopic (exact) mass is 358 g/mol. The zero-order valence-electron chi connectivity index (χ0n) is 15.1. The molecule has 0 atom stereocenters. The van der Waals surface area contributed by atoms with E-state index in [4.69, 9.17) is 4.74 Å². The highest BCUT2D eigenvalue weighted by Gasteiger charge is 2.22. The minimum atomic E-state index is 0.677. The average molecular weight is 359 g/mol. The second-order valence-electron chi connectivity index (χ2n) is 6.51. The van der Waals surface area contributed by atoms with Crippen LogP contribution in [-0.4, -0.2) is 24.6 Å². The van der Waals surface area contributed by atoms with Crippen molar-refractivity contribution in [2.24, 2.45) is 10.9 Å². The lowest BCUT2D eigenvalue weighted by Gasteiger charge is -2.15. The van der Waals surface area contributed by atoms with E-state index in [-0.39, 0.29) is 0 Å². The number of rotatable bonds is 7. The first-order valence-electron chi connectivity index (χ1n) is 8.72. The normalized spacial score (nSPS) is 14.4. The number of guanidine groups is 1. The van der Waals surface area contributed by atoms with Crippen LogP contribution in [0.5, 0.6) is 5.75 Å². The van der Waals surface area contributed by atoms with Gasteiger partial charge < -0.3 is 15.4 Å². The van der Waals surface area contributed by atoms with Crippen LogP contribution in [0.15, 0.2) is 29.4 Å². The summed E-state index contributed by atoms with van der Waals surface area (Å²) in [4.78, 5) is 9.87. The standard InChI is InChI=1S/C19H26N4OS/c1-13-4-7-16(17(8-13)24-12-15-5-6-15)10-22-19(20-3)23-11-18-21-9-14(2)25-18/h4,7-9,15H,5-6,10-12H2,1-3H3,(H2,20,22,23). The van der Waals surface area contributed by atoms with Crippen molar-refractivity contribution < 1.29 is 4.74 Å². The SMILES string of the molecule is CN=C(NCc1ncc(C)s1)NCc1ccc(C)cc1OCC1CC1. The number of nitrogens with zero attached hydrogens (tertiary/aromatic N) is 2. The molecule has 0 aliphatic heterocycles. The highest BCUT2D eigenvalue weighted by Crippen LogP contribution is 2.30. The van der Waals surface area contributed by atoms with Gasteiger partial charge in [0.25, 0.3) is 0 Å². The van der Waals surface area contributed by atoms with E-state index in [1.807, 2.05) is 6.20 Å². The summed E-state index contributed by atoms with van der Waals surface area (Å²) in [6, 6.07) is 6.37. The number of hydrogen-bond acceptors (Lipinski definition) is 4. The molecular formula is C19H26N4OS. The van der Waals surface area contributed by atoms with E-state index in [0.717, 1.165) is 34.8 Å². The van der Waals surface area contributed by atoms with Gasteiger partial charge in [0.1, 0.15) is 10.8 Å². The molecule has 3 rings (SSSR count). The summed E-state index contributed by atoms with van der Waals surface area (Å²) in [5.74, 6) is 2.49. The second kappa shape index (κ2) is 8.34. The van der Waals surface area contributed by atoms with Gasteiger partial charge in [0.15, 0.2) is 5.96 Å². The number of aliphatic imine (C=N–C) groups is 1. The summed E-state index contributed by atoms with van der Waals surface area (Å²) in [5.41, 5.74) is 2.37. The van der Waals surface area contributed by atoms with Crippen molar-refractivity contribution in [1.29, 1.82) is 0 Å². The Morgan fingerprint density at radius 1 is 1.28 bits per heavy atom. The third kappa shape index (κ3) is 5.46. The maximum atomic E-state index is 6.03. The van der Waals surface area contributed by atoms with Gasteiger partial charge in [-0.15, -0.1) is 11.3 Å². The van der Waals surface area contributed by atoms with Gasteiger partial charge in [0.05, 0.1) is 13.2 Å². The van der Waals surface area contributed by atoms with Gasteiger partial charge in [-0.2, -0.15) is 0 Å². The molecule has 0 saturated heterocycles. The molecule has 0 unspecified atom stereocenters. The van der Waals surface area contributed by atoms with Gasteiger partial charge in [-0.3, -0.25) is 4.99 Å². The fourth-order valence-electron chi connectivity index (χ4n) is 2.48. The Hall–Kier alpha value is -2.08. The molecule has 0 spiro atoms. The first-order chi connectivity index (χ1) is 12.1. The zero-order valence-corrected chi connectivity index (χ0v) is 15.9. The van der Waals surface area contributed by atoms with E-state index in [0.29, 0.717) is 13.1 Å². The quantitative estimate of drug-likeness (QED) is 0.588. The van der Waals surface area contributed by atoms with E-state index < -0.39 is 0 Å². The molecule has 2 aromatic rings. The van der Waals surface area contributed by atoms with Crippen LogP contribution in [0.25, 0.3) is 0 Å². The van der Waals surface area contributed by atoms with Gasteiger partial charge in [-0.05, 0) is 44.2 Å². The Kier molecular flexibility index (Phi) is 5.91. The molecule has 0 radical (unpaired) electrons. The van der Waals surface area contributed by atoms with E-state index in [1.54, 1.807) is 18.4 Å². The maximum absolute atomic E-state index is 6.03. The van der Waals surface area contributed by atoms with Crippen molar-refractivity contribution in [2.45, 2.75) is 39.8 Å². The van der Waals surface area contributed by atoms with Crippen LogP contribution in [0.3, 0.4) is 0 Å². The Morgan fingerprint density at radius 3 is 2.76 bits per heavy atom. The molecule has 0 bridgehead atoms. The molecule has 1 aromatic carbocycles. The molecule has 0 amide bonds. The molecule has 5 nitrogen and oxygen atoms in total. The summed E-state index contributed by atoms with van der Waals surface area (Å²) in [7, 11) is 1.78. The molecular weight excluding hydrogens is 332 g/mol. The van der Waals surface area contributed by atoms with Gasteiger partial charge in [-0.1, -0.05) is 12.1 Å². The molecule has 2 N–H and O–H groups in total. The number of thiazole rings is 1. The van der Waals surface area contributed by atoms with Crippen LogP contribution < -0.4 is 15.4 Å². The van der Waals surface area contributed by atoms with E-state index >= 15 is 0 Å². The van der Waals surface area contributed by atoms with Gasteiger partial charge in [0.2, 0.25) is 0 Å². The van der Waals surface area contributed by atoms with Gasteiger partial charge in [-0.25, -0.2) is 4.98 Å². The first-order valence-corrected chi connectivity index (χ1v) is 9.54. The van der Waals surface area contributed by atoms with Gasteiger partial charge in [0, 0.05) is 30.2 Å². The van der Waals surface area contributed by atoms with E-state index in [1.165, 1.54) is 23.3 Å². The predicted molar refractivity (Wildman–Crippen MR) is 103 cm³/mol. The molecule has 1 aromatic heterocycles. The number of nitrogens with one attached hydrogen (secondary N) is 2. The number of benzene rings is 1. The fraction of sp³-hybridized carbons (Fsp3) is 0.474. The molecule has 1 aliphatic carbocycles. The van der Waals surface area contributed by atoms with Crippen LogP contribution in [0, 0.1) is 19.8 Å². The molecule has 1 fully saturated rings. The third-order valence-electron chi connectivity index (χ3n) is 4.14. The Bertz CT molecular complexity index is 737. The third-order valence-corrected chi connectivity index (χ3v) is 5.05. The molecule has 1 aliphatic rings. The highest BCUT2D eigenvalue weighted by molar-refractivity contribution is 7.11. The number of aromatic nitrogens is 1. The summed E-state index contributed by atoms with van der Waals surface area (Å²) in [5, 5.41) is 7.73. The van der Waals surface area contributed by atoms with Crippen LogP contribution in [0.2, 0.25) is 0 Å². The number of ether oxygens (including phenoxy) is 1. The smallest absolute Gasteiger partial charge is 0.191 e. The van der Waals surface area contributed by atoms with Crippen LogP contribution >= 0.6 is 11.3 Å². The first kappa shape index (κ1) is 17.7. The van der Waals surface area contributed by atoms with Crippen LogP contribution in [0.1, 0.15) is 33.9 Å². The summed E-state index contributed by atoms with van der Waals surface area (Å²) < 4.78 is 6.03. The van der Waals surface area contributed by atoms with Crippen molar-refractivity contribution >= 4 is 17.3 Å². The van der Waals surface area contributed by atoms with Gasteiger partial charge >= 0.3 is 0 Å². The second-order valence-corrected chi connectivity index (χ2v) is 7.83. The molecule has 6 heteroatoms. The van der Waals surface area contributed by atoms with E-state index in [2.05, 4.69) is 52.7 Å². The Labute approximate surface area is 153 Å². The van der Waals surface area contributed by atoms with E-state index in [9.17, 15) is 0 Å². The predicted octanol–water partition coefficient (Wildman–Crippen LogP) is 3.41. The summed E-state index contributed by atoms with van der Waals surface area (Å²) in [6.45, 7) is 6.34. The largest absolute Gasteiger partial charge is 0.493 e. The molecule has 134 valence electrons. The lowest BCUT2D eigenvalue weighted by Crippen LogP contribution is -2.36. The van der Waals surface area contributed by atoms with Crippen LogP contribution in [-0.2, 0) is 13.1 Å². The lowest BCUT2D eigenvalue weighted by atomic mass is 10.1. The average Bonchev–Trinajstić information content (AvgIpc) is 3.35.